The molecule has 25 heavy (non-hydrogen) atoms. The summed E-state index contributed by atoms with van der Waals surface area (Å²) in [6, 6.07) is 12.3. The van der Waals surface area contributed by atoms with Crippen molar-refractivity contribution in [3.05, 3.63) is 36.5 Å². The van der Waals surface area contributed by atoms with E-state index >= 15 is 0 Å². The van der Waals surface area contributed by atoms with Crippen LogP contribution < -0.4 is 5.32 Å². The molecule has 4 nitrogen and oxygen atoms in total. The zero-order valence-electron chi connectivity index (χ0n) is 14.4. The lowest BCUT2D eigenvalue weighted by Gasteiger charge is -2.34. The first-order valence-corrected chi connectivity index (χ1v) is 9.69. The van der Waals surface area contributed by atoms with Gasteiger partial charge in [0, 0.05) is 18.5 Å². The van der Waals surface area contributed by atoms with Gasteiger partial charge >= 0.3 is 0 Å². The molecule has 0 radical (unpaired) electrons. The molecule has 2 aromatic rings. The van der Waals surface area contributed by atoms with Gasteiger partial charge in [-0.05, 0) is 30.2 Å². The normalized spacial score (nSPS) is 23.0. The van der Waals surface area contributed by atoms with Crippen LogP contribution in [-0.2, 0) is 4.79 Å². The van der Waals surface area contributed by atoms with Crippen LogP contribution in [-0.4, -0.2) is 10.9 Å². The summed E-state index contributed by atoms with van der Waals surface area (Å²) < 4.78 is 0. The number of carbonyl (C=O) groups is 1. The molecular formula is C20H23N3OS. The van der Waals surface area contributed by atoms with Gasteiger partial charge in [0.1, 0.15) is 0 Å². The maximum Gasteiger partial charge on any atom is 0.229 e. The first kappa shape index (κ1) is 17.6. The largest absolute Gasteiger partial charge is 0.302 e. The summed E-state index contributed by atoms with van der Waals surface area (Å²) in [5.74, 6) is 0.876. The van der Waals surface area contributed by atoms with Crippen LogP contribution in [0.2, 0.25) is 0 Å². The molecule has 1 aliphatic carbocycles. The Bertz CT molecular complexity index is 750. The van der Waals surface area contributed by atoms with Crippen molar-refractivity contribution in [1.29, 1.82) is 5.26 Å². The van der Waals surface area contributed by atoms with Crippen LogP contribution in [0.3, 0.4) is 0 Å². The molecular weight excluding hydrogens is 330 g/mol. The number of rotatable bonds is 5. The smallest absolute Gasteiger partial charge is 0.229 e. The van der Waals surface area contributed by atoms with Gasteiger partial charge in [0.15, 0.2) is 5.13 Å². The number of nitrogens with zero attached hydrogens (tertiary/aromatic N) is 2. The number of anilines is 1. The molecule has 1 heterocycles. The van der Waals surface area contributed by atoms with Crippen LogP contribution in [0.25, 0.3) is 10.4 Å². The summed E-state index contributed by atoms with van der Waals surface area (Å²) in [5, 5.41) is 12.5. The zero-order chi connectivity index (χ0) is 17.6. The molecule has 3 atom stereocenters. The molecule has 0 saturated heterocycles. The molecule has 3 rings (SSSR count). The molecule has 1 aromatic carbocycles. The summed E-state index contributed by atoms with van der Waals surface area (Å²) in [5.41, 5.74) is 1.11. The molecule has 5 heteroatoms. The van der Waals surface area contributed by atoms with Gasteiger partial charge in [-0.3, -0.25) is 4.79 Å². The number of hydrogen-bond donors (Lipinski definition) is 1. The molecule has 1 unspecified atom stereocenters. The third-order valence-electron chi connectivity index (χ3n) is 5.23. The standard InChI is InChI=1S/C20H23N3OS/c1-14-15(10-6-12-21)9-5-11-17(14)19(24)23-20-22-13-18(25-20)16-7-3-2-4-8-16/h2-4,7-8,13-15,17H,5-6,9-11H2,1H3,(H,22,23,24)/t14-,15?,17+/m1/s1. The average Bonchev–Trinajstić information content (AvgIpc) is 3.10. The third-order valence-corrected chi connectivity index (χ3v) is 6.19. The van der Waals surface area contributed by atoms with Gasteiger partial charge in [-0.15, -0.1) is 0 Å². The predicted octanol–water partition coefficient (Wildman–Crippen LogP) is 5.10. The lowest BCUT2D eigenvalue weighted by Crippen LogP contribution is -2.35. The molecule has 130 valence electrons. The monoisotopic (exact) mass is 353 g/mol. The summed E-state index contributed by atoms with van der Waals surface area (Å²) in [7, 11) is 0. The topological polar surface area (TPSA) is 65.8 Å². The van der Waals surface area contributed by atoms with Gasteiger partial charge < -0.3 is 5.32 Å². The second-order valence-corrected chi connectivity index (χ2v) is 7.77. The highest BCUT2D eigenvalue weighted by molar-refractivity contribution is 7.19. The fraction of sp³-hybridized carbons (Fsp3) is 0.450. The maximum atomic E-state index is 12.7. The van der Waals surface area contributed by atoms with Crippen LogP contribution >= 0.6 is 11.3 Å². The average molecular weight is 353 g/mol. The van der Waals surface area contributed by atoms with E-state index in [1.807, 2.05) is 36.5 Å². The van der Waals surface area contributed by atoms with E-state index < -0.39 is 0 Å². The molecule has 0 aliphatic heterocycles. The van der Waals surface area contributed by atoms with Gasteiger partial charge in [0.05, 0.1) is 10.9 Å². The molecule has 0 spiro atoms. The van der Waals surface area contributed by atoms with Crippen molar-refractivity contribution in [3.63, 3.8) is 0 Å². The number of aromatic nitrogens is 1. The Balaban J connectivity index is 1.64. The van der Waals surface area contributed by atoms with Crippen LogP contribution in [0.5, 0.6) is 0 Å². The summed E-state index contributed by atoms with van der Waals surface area (Å²) in [6.45, 7) is 2.16. The Morgan fingerprint density at radius 1 is 1.36 bits per heavy atom. The Labute approximate surface area is 152 Å². The van der Waals surface area contributed by atoms with Crippen LogP contribution in [0.1, 0.15) is 39.0 Å². The van der Waals surface area contributed by atoms with Gasteiger partial charge in [-0.25, -0.2) is 4.98 Å². The van der Waals surface area contributed by atoms with Gasteiger partial charge in [0.25, 0.3) is 0 Å². The Hall–Kier alpha value is -2.19. The van der Waals surface area contributed by atoms with Crippen molar-refractivity contribution < 1.29 is 4.79 Å². The number of carbonyl (C=O) groups excluding carboxylic acids is 1. The maximum absolute atomic E-state index is 12.7. The molecule has 1 saturated carbocycles. The molecule has 1 fully saturated rings. The van der Waals surface area contributed by atoms with E-state index in [0.29, 0.717) is 23.4 Å². The minimum atomic E-state index is 0.0153. The van der Waals surface area contributed by atoms with E-state index in [1.165, 1.54) is 11.3 Å². The Kier molecular flexibility index (Phi) is 5.83. The van der Waals surface area contributed by atoms with Crippen molar-refractivity contribution in [2.24, 2.45) is 17.8 Å². The fourth-order valence-corrected chi connectivity index (χ4v) is 4.57. The molecule has 0 bridgehead atoms. The number of thiazole rings is 1. The van der Waals surface area contributed by atoms with Crippen molar-refractivity contribution in [2.75, 3.05) is 5.32 Å². The van der Waals surface area contributed by atoms with E-state index in [-0.39, 0.29) is 11.8 Å². The van der Waals surface area contributed by atoms with Crippen molar-refractivity contribution in [2.45, 2.75) is 39.0 Å². The molecule has 1 N–H and O–H groups in total. The van der Waals surface area contributed by atoms with Gasteiger partial charge in [-0.2, -0.15) is 5.26 Å². The summed E-state index contributed by atoms with van der Waals surface area (Å²) in [6.07, 6.45) is 6.41. The molecule has 1 amide bonds. The number of nitrogens with one attached hydrogen (secondary N) is 1. The molecule has 1 aromatic heterocycles. The van der Waals surface area contributed by atoms with Gasteiger partial charge in [0.2, 0.25) is 5.91 Å². The zero-order valence-corrected chi connectivity index (χ0v) is 15.3. The SMILES string of the molecule is C[C@@H]1C(CCC#N)CCC[C@@H]1C(=O)Nc1ncc(-c2ccccc2)s1. The first-order valence-electron chi connectivity index (χ1n) is 8.88. The third kappa shape index (κ3) is 4.26. The van der Waals surface area contributed by atoms with Crippen LogP contribution in [0.4, 0.5) is 5.13 Å². The summed E-state index contributed by atoms with van der Waals surface area (Å²) in [4.78, 5) is 18.2. The van der Waals surface area contributed by atoms with E-state index in [0.717, 1.165) is 36.1 Å². The van der Waals surface area contributed by atoms with E-state index in [9.17, 15) is 4.79 Å². The number of amides is 1. The Morgan fingerprint density at radius 2 is 2.16 bits per heavy atom. The van der Waals surface area contributed by atoms with Crippen molar-refractivity contribution in [3.8, 4) is 16.5 Å². The van der Waals surface area contributed by atoms with E-state index in [1.54, 1.807) is 0 Å². The highest BCUT2D eigenvalue weighted by Crippen LogP contribution is 2.38. The second-order valence-electron chi connectivity index (χ2n) is 6.74. The van der Waals surface area contributed by atoms with E-state index in [2.05, 4.69) is 23.3 Å². The number of benzene rings is 1. The highest BCUT2D eigenvalue weighted by Gasteiger charge is 2.34. The highest BCUT2D eigenvalue weighted by atomic mass is 32.1. The van der Waals surface area contributed by atoms with Crippen LogP contribution in [0.15, 0.2) is 36.5 Å². The predicted molar refractivity (Wildman–Crippen MR) is 101 cm³/mol. The second kappa shape index (κ2) is 8.26. The van der Waals surface area contributed by atoms with Gasteiger partial charge in [-0.1, -0.05) is 61.4 Å². The minimum Gasteiger partial charge on any atom is -0.302 e. The first-order chi connectivity index (χ1) is 12.2. The quantitative estimate of drug-likeness (QED) is 0.813. The number of nitriles is 1. The fourth-order valence-electron chi connectivity index (χ4n) is 3.75. The van der Waals surface area contributed by atoms with Crippen LogP contribution in [0, 0.1) is 29.1 Å². The Morgan fingerprint density at radius 3 is 2.92 bits per heavy atom. The lowest BCUT2D eigenvalue weighted by atomic mass is 9.71. The van der Waals surface area contributed by atoms with E-state index in [4.69, 9.17) is 5.26 Å². The minimum absolute atomic E-state index is 0.0153. The molecule has 1 aliphatic rings. The lowest BCUT2D eigenvalue weighted by molar-refractivity contribution is -0.123. The van der Waals surface area contributed by atoms with Crippen molar-refractivity contribution >= 4 is 22.4 Å². The summed E-state index contributed by atoms with van der Waals surface area (Å²) >= 11 is 1.51. The van der Waals surface area contributed by atoms with Crippen molar-refractivity contribution in [1.82, 2.24) is 4.98 Å². The number of hydrogen-bond acceptors (Lipinski definition) is 4.